The van der Waals surface area contributed by atoms with Gasteiger partial charge in [-0.1, -0.05) is 11.3 Å². The molecule has 10 heteroatoms. The molecule has 1 atom stereocenters. The minimum Gasteiger partial charge on any atom is -0.481 e. The SMILES string of the molecule is O=C(O)C1CCCN(S(=O)(=O)NCc2csc(=O)[nH]2)C1. The van der Waals surface area contributed by atoms with Crippen LogP contribution >= 0.6 is 11.3 Å². The van der Waals surface area contributed by atoms with Crippen molar-refractivity contribution in [2.45, 2.75) is 19.4 Å². The first-order valence-corrected chi connectivity index (χ1v) is 8.34. The smallest absolute Gasteiger partial charge is 0.307 e. The van der Waals surface area contributed by atoms with Crippen molar-refractivity contribution in [3.05, 3.63) is 20.7 Å². The van der Waals surface area contributed by atoms with Crippen LogP contribution in [-0.2, 0) is 21.5 Å². The summed E-state index contributed by atoms with van der Waals surface area (Å²) in [5, 5.41) is 10.5. The molecule has 0 spiro atoms. The fourth-order valence-electron chi connectivity index (χ4n) is 2.02. The zero-order valence-corrected chi connectivity index (χ0v) is 12.2. The number of nitrogens with one attached hydrogen (secondary N) is 2. The number of aromatic nitrogens is 1. The van der Waals surface area contributed by atoms with E-state index in [1.807, 2.05) is 0 Å². The van der Waals surface area contributed by atoms with Crippen molar-refractivity contribution in [2.75, 3.05) is 13.1 Å². The van der Waals surface area contributed by atoms with E-state index >= 15 is 0 Å². The van der Waals surface area contributed by atoms with Crippen molar-refractivity contribution in [3.8, 4) is 0 Å². The lowest BCUT2D eigenvalue weighted by molar-refractivity contribution is -0.142. The van der Waals surface area contributed by atoms with Crippen LogP contribution in [0.1, 0.15) is 18.5 Å². The molecule has 1 saturated heterocycles. The predicted molar refractivity (Wildman–Crippen MR) is 72.6 cm³/mol. The van der Waals surface area contributed by atoms with Crippen LogP contribution < -0.4 is 9.60 Å². The number of piperidine rings is 1. The van der Waals surface area contributed by atoms with Gasteiger partial charge in [0.2, 0.25) is 0 Å². The molecule has 1 fully saturated rings. The molecule has 0 radical (unpaired) electrons. The second-order valence-corrected chi connectivity index (χ2v) is 7.13. The first-order valence-electron chi connectivity index (χ1n) is 6.03. The molecule has 1 aliphatic rings. The van der Waals surface area contributed by atoms with Gasteiger partial charge < -0.3 is 10.1 Å². The topological polar surface area (TPSA) is 120 Å². The lowest BCUT2D eigenvalue weighted by atomic mass is 10.0. The number of carboxylic acids is 1. The van der Waals surface area contributed by atoms with Gasteiger partial charge in [0.05, 0.1) is 12.5 Å². The Morgan fingerprint density at radius 3 is 2.95 bits per heavy atom. The first kappa shape index (κ1) is 15.2. The van der Waals surface area contributed by atoms with Crippen molar-refractivity contribution in [1.82, 2.24) is 14.0 Å². The van der Waals surface area contributed by atoms with E-state index in [4.69, 9.17) is 5.11 Å². The van der Waals surface area contributed by atoms with Gasteiger partial charge in [-0.2, -0.15) is 17.4 Å². The van der Waals surface area contributed by atoms with Gasteiger partial charge in [0.25, 0.3) is 10.2 Å². The van der Waals surface area contributed by atoms with Gasteiger partial charge in [-0.05, 0) is 12.8 Å². The van der Waals surface area contributed by atoms with Crippen molar-refractivity contribution < 1.29 is 18.3 Å². The van der Waals surface area contributed by atoms with Crippen molar-refractivity contribution >= 4 is 27.5 Å². The van der Waals surface area contributed by atoms with Gasteiger partial charge in [0.1, 0.15) is 0 Å². The Kier molecular flexibility index (Phi) is 4.58. The van der Waals surface area contributed by atoms with Crippen LogP contribution in [0.5, 0.6) is 0 Å². The monoisotopic (exact) mass is 321 g/mol. The van der Waals surface area contributed by atoms with E-state index < -0.39 is 22.1 Å². The molecule has 112 valence electrons. The average Bonchev–Trinajstić information content (AvgIpc) is 2.82. The highest BCUT2D eigenvalue weighted by atomic mass is 32.2. The summed E-state index contributed by atoms with van der Waals surface area (Å²) in [6.07, 6.45) is 1.01. The molecule has 3 N–H and O–H groups in total. The van der Waals surface area contributed by atoms with Gasteiger partial charge in [0.15, 0.2) is 0 Å². The van der Waals surface area contributed by atoms with E-state index in [0.29, 0.717) is 25.1 Å². The molecule has 0 aromatic carbocycles. The number of carbonyl (C=O) groups is 1. The molecular weight excluding hydrogens is 306 g/mol. The third-order valence-electron chi connectivity index (χ3n) is 3.09. The molecule has 0 aliphatic carbocycles. The summed E-state index contributed by atoms with van der Waals surface area (Å²) in [5.41, 5.74) is 0.482. The van der Waals surface area contributed by atoms with E-state index in [-0.39, 0.29) is 18.0 Å². The molecule has 1 aliphatic heterocycles. The van der Waals surface area contributed by atoms with Crippen molar-refractivity contribution in [2.24, 2.45) is 5.92 Å². The number of hydrogen-bond donors (Lipinski definition) is 3. The predicted octanol–water partition coefficient (Wildman–Crippen LogP) is -0.433. The summed E-state index contributed by atoms with van der Waals surface area (Å²) in [5.74, 6) is -1.65. The van der Waals surface area contributed by atoms with Crippen molar-refractivity contribution in [1.29, 1.82) is 0 Å². The summed E-state index contributed by atoms with van der Waals surface area (Å²) in [6, 6.07) is 0. The fraction of sp³-hybridized carbons (Fsp3) is 0.600. The maximum absolute atomic E-state index is 12.1. The lowest BCUT2D eigenvalue weighted by Crippen LogP contribution is -2.47. The summed E-state index contributed by atoms with van der Waals surface area (Å²) < 4.78 is 27.6. The zero-order valence-electron chi connectivity index (χ0n) is 10.5. The number of hydrogen-bond acceptors (Lipinski definition) is 5. The molecular formula is C10H15N3O5S2. The van der Waals surface area contributed by atoms with Crippen LogP contribution in [0.15, 0.2) is 10.2 Å². The van der Waals surface area contributed by atoms with Gasteiger partial charge in [-0.15, -0.1) is 0 Å². The maximum Gasteiger partial charge on any atom is 0.307 e. The molecule has 0 bridgehead atoms. The van der Waals surface area contributed by atoms with Gasteiger partial charge in [-0.25, -0.2) is 0 Å². The number of carboxylic acid groups (broad SMARTS) is 1. The molecule has 1 unspecified atom stereocenters. The van der Waals surface area contributed by atoms with Crippen LogP contribution in [0.2, 0.25) is 0 Å². The quantitative estimate of drug-likeness (QED) is 0.679. The molecule has 2 heterocycles. The van der Waals surface area contributed by atoms with E-state index in [0.717, 1.165) is 15.6 Å². The Hall–Kier alpha value is -1.23. The van der Waals surface area contributed by atoms with Gasteiger partial charge in [0, 0.05) is 24.2 Å². The number of H-pyrrole nitrogens is 1. The molecule has 8 nitrogen and oxygen atoms in total. The van der Waals surface area contributed by atoms with Gasteiger partial charge in [-0.3, -0.25) is 9.59 Å². The molecule has 0 saturated carbocycles. The Labute approximate surface area is 119 Å². The lowest BCUT2D eigenvalue weighted by Gasteiger charge is -2.29. The number of nitrogens with zero attached hydrogens (tertiary/aromatic N) is 1. The number of aromatic amines is 1. The highest BCUT2D eigenvalue weighted by Gasteiger charge is 2.31. The Morgan fingerprint density at radius 2 is 2.35 bits per heavy atom. The van der Waals surface area contributed by atoms with E-state index in [9.17, 15) is 18.0 Å². The average molecular weight is 321 g/mol. The molecule has 20 heavy (non-hydrogen) atoms. The second kappa shape index (κ2) is 6.04. The molecule has 1 aromatic heterocycles. The molecule has 2 rings (SSSR count). The van der Waals surface area contributed by atoms with E-state index in [1.165, 1.54) is 0 Å². The van der Waals surface area contributed by atoms with E-state index in [2.05, 4.69) is 9.71 Å². The molecule has 1 aromatic rings. The molecule has 0 amide bonds. The number of thiazole rings is 1. The summed E-state index contributed by atoms with van der Waals surface area (Å²) in [4.78, 5) is 24.1. The summed E-state index contributed by atoms with van der Waals surface area (Å²) in [6.45, 7) is 0.263. The maximum atomic E-state index is 12.1. The fourth-order valence-corrected chi connectivity index (χ4v) is 3.87. The first-order chi connectivity index (χ1) is 9.38. The van der Waals surface area contributed by atoms with Crippen LogP contribution in [-0.4, -0.2) is 41.9 Å². The highest BCUT2D eigenvalue weighted by Crippen LogP contribution is 2.18. The summed E-state index contributed by atoms with van der Waals surface area (Å²) in [7, 11) is -3.74. The Balaban J connectivity index is 1.99. The zero-order chi connectivity index (χ0) is 14.8. The summed E-state index contributed by atoms with van der Waals surface area (Å²) >= 11 is 0.958. The number of rotatable bonds is 5. The van der Waals surface area contributed by atoms with Crippen LogP contribution in [0.4, 0.5) is 0 Å². The van der Waals surface area contributed by atoms with Crippen LogP contribution in [0.25, 0.3) is 0 Å². The standard InChI is InChI=1S/C10H15N3O5S2/c14-9(15)7-2-1-3-13(5-7)20(17,18)11-4-8-6-19-10(16)12-8/h6-7,11H,1-5H2,(H,12,16)(H,14,15). The number of aliphatic carboxylic acids is 1. The minimum atomic E-state index is -3.74. The normalized spacial score (nSPS) is 20.9. The van der Waals surface area contributed by atoms with Crippen LogP contribution in [0.3, 0.4) is 0 Å². The van der Waals surface area contributed by atoms with Crippen LogP contribution in [0, 0.1) is 5.92 Å². The van der Waals surface area contributed by atoms with E-state index in [1.54, 1.807) is 5.38 Å². The Bertz CT molecular complexity index is 635. The van der Waals surface area contributed by atoms with Crippen molar-refractivity contribution in [3.63, 3.8) is 0 Å². The van der Waals surface area contributed by atoms with Gasteiger partial charge >= 0.3 is 10.8 Å². The Morgan fingerprint density at radius 1 is 1.60 bits per heavy atom. The second-order valence-electron chi connectivity index (χ2n) is 4.53. The highest BCUT2D eigenvalue weighted by molar-refractivity contribution is 7.87. The minimum absolute atomic E-state index is 0.0185. The third-order valence-corrected chi connectivity index (χ3v) is 5.33. The largest absolute Gasteiger partial charge is 0.481 e. The third kappa shape index (κ3) is 3.66.